The number of aliphatic hydroxyl groups excluding tert-OH is 1. The topological polar surface area (TPSA) is 45.4 Å². The molecule has 0 spiro atoms. The molecule has 0 aliphatic rings. The SMILES string of the molecule is OC(CCNCc1ccco1)c1ccc(F)cc1. The minimum Gasteiger partial charge on any atom is -0.468 e. The number of benzene rings is 1. The summed E-state index contributed by atoms with van der Waals surface area (Å²) in [7, 11) is 0. The summed E-state index contributed by atoms with van der Waals surface area (Å²) in [6.45, 7) is 1.31. The zero-order valence-corrected chi connectivity index (χ0v) is 9.97. The maximum Gasteiger partial charge on any atom is 0.123 e. The summed E-state index contributed by atoms with van der Waals surface area (Å²) in [6.07, 6.45) is 1.63. The van der Waals surface area contributed by atoms with Gasteiger partial charge in [-0.25, -0.2) is 4.39 Å². The summed E-state index contributed by atoms with van der Waals surface area (Å²) >= 11 is 0. The van der Waals surface area contributed by atoms with Crippen LogP contribution in [0.3, 0.4) is 0 Å². The van der Waals surface area contributed by atoms with Crippen molar-refractivity contribution in [2.75, 3.05) is 6.54 Å². The number of aliphatic hydroxyl groups is 1. The summed E-state index contributed by atoms with van der Waals surface area (Å²) in [5, 5.41) is 13.1. The van der Waals surface area contributed by atoms with Gasteiger partial charge in [0.15, 0.2) is 0 Å². The predicted octanol–water partition coefficient (Wildman–Crippen LogP) is 2.63. The lowest BCUT2D eigenvalue weighted by Gasteiger charge is -2.11. The van der Waals surface area contributed by atoms with Gasteiger partial charge < -0.3 is 14.8 Å². The van der Waals surface area contributed by atoms with E-state index in [-0.39, 0.29) is 5.82 Å². The van der Waals surface area contributed by atoms with Crippen LogP contribution in [0, 0.1) is 5.82 Å². The molecule has 0 fully saturated rings. The van der Waals surface area contributed by atoms with Crippen LogP contribution in [0.4, 0.5) is 4.39 Å². The second kappa shape index (κ2) is 6.33. The minimum absolute atomic E-state index is 0.290. The molecule has 18 heavy (non-hydrogen) atoms. The van der Waals surface area contributed by atoms with E-state index in [1.165, 1.54) is 12.1 Å². The van der Waals surface area contributed by atoms with Crippen molar-refractivity contribution in [3.8, 4) is 0 Å². The number of halogens is 1. The van der Waals surface area contributed by atoms with Crippen LogP contribution in [0.2, 0.25) is 0 Å². The molecule has 1 aromatic heterocycles. The van der Waals surface area contributed by atoms with E-state index in [9.17, 15) is 9.50 Å². The number of hydrogen-bond acceptors (Lipinski definition) is 3. The van der Waals surface area contributed by atoms with E-state index in [4.69, 9.17) is 4.42 Å². The molecule has 2 aromatic rings. The molecule has 0 radical (unpaired) electrons. The fourth-order valence-corrected chi connectivity index (χ4v) is 1.72. The van der Waals surface area contributed by atoms with Crippen molar-refractivity contribution in [1.82, 2.24) is 5.32 Å². The normalized spacial score (nSPS) is 12.6. The van der Waals surface area contributed by atoms with Gasteiger partial charge in [0.05, 0.1) is 18.9 Å². The third kappa shape index (κ3) is 3.68. The van der Waals surface area contributed by atoms with E-state index in [1.807, 2.05) is 12.1 Å². The fourth-order valence-electron chi connectivity index (χ4n) is 1.72. The molecule has 0 amide bonds. The molecule has 0 aliphatic heterocycles. The molecule has 0 bridgehead atoms. The number of rotatable bonds is 6. The van der Waals surface area contributed by atoms with Crippen LogP contribution in [0.5, 0.6) is 0 Å². The van der Waals surface area contributed by atoms with E-state index in [0.29, 0.717) is 19.5 Å². The van der Waals surface area contributed by atoms with Gasteiger partial charge in [-0.05, 0) is 42.8 Å². The van der Waals surface area contributed by atoms with Crippen LogP contribution in [-0.2, 0) is 6.54 Å². The lowest BCUT2D eigenvalue weighted by atomic mass is 10.1. The van der Waals surface area contributed by atoms with Gasteiger partial charge >= 0.3 is 0 Å². The molecule has 1 atom stereocenters. The van der Waals surface area contributed by atoms with Gasteiger partial charge in [-0.15, -0.1) is 0 Å². The van der Waals surface area contributed by atoms with Gasteiger partial charge in [0.2, 0.25) is 0 Å². The Hall–Kier alpha value is -1.65. The average Bonchev–Trinajstić information content (AvgIpc) is 2.88. The molecule has 0 saturated heterocycles. The second-order valence-electron chi connectivity index (χ2n) is 4.11. The van der Waals surface area contributed by atoms with E-state index >= 15 is 0 Å². The van der Waals surface area contributed by atoms with Crippen molar-refractivity contribution in [3.05, 3.63) is 59.8 Å². The van der Waals surface area contributed by atoms with Crippen molar-refractivity contribution < 1.29 is 13.9 Å². The second-order valence-corrected chi connectivity index (χ2v) is 4.11. The van der Waals surface area contributed by atoms with Gasteiger partial charge in [-0.3, -0.25) is 0 Å². The zero-order valence-electron chi connectivity index (χ0n) is 9.97. The molecule has 2 rings (SSSR count). The number of furan rings is 1. The smallest absolute Gasteiger partial charge is 0.123 e. The molecule has 96 valence electrons. The summed E-state index contributed by atoms with van der Waals surface area (Å²) in [5.74, 6) is 0.577. The van der Waals surface area contributed by atoms with Crippen LogP contribution < -0.4 is 5.32 Å². The highest BCUT2D eigenvalue weighted by atomic mass is 19.1. The molecule has 0 aliphatic carbocycles. The summed E-state index contributed by atoms with van der Waals surface area (Å²) < 4.78 is 17.9. The highest BCUT2D eigenvalue weighted by Crippen LogP contribution is 2.16. The van der Waals surface area contributed by atoms with E-state index in [0.717, 1.165) is 11.3 Å². The molecule has 1 unspecified atom stereocenters. The quantitative estimate of drug-likeness (QED) is 0.774. The van der Waals surface area contributed by atoms with Crippen molar-refractivity contribution in [2.45, 2.75) is 19.1 Å². The molecule has 4 heteroatoms. The summed E-state index contributed by atoms with van der Waals surface area (Å²) in [5.41, 5.74) is 0.733. The molecular formula is C14H16FNO2. The summed E-state index contributed by atoms with van der Waals surface area (Å²) in [6, 6.07) is 9.65. The Morgan fingerprint density at radius 3 is 2.67 bits per heavy atom. The third-order valence-electron chi connectivity index (χ3n) is 2.73. The Balaban J connectivity index is 1.71. The zero-order chi connectivity index (χ0) is 12.8. The van der Waals surface area contributed by atoms with E-state index < -0.39 is 6.10 Å². The van der Waals surface area contributed by atoms with Crippen LogP contribution in [0.1, 0.15) is 23.8 Å². The Morgan fingerprint density at radius 1 is 1.22 bits per heavy atom. The number of nitrogens with one attached hydrogen (secondary N) is 1. The largest absolute Gasteiger partial charge is 0.468 e. The fraction of sp³-hybridized carbons (Fsp3) is 0.286. The van der Waals surface area contributed by atoms with E-state index in [2.05, 4.69) is 5.32 Å². The van der Waals surface area contributed by atoms with Gasteiger partial charge in [0.1, 0.15) is 11.6 Å². The first-order chi connectivity index (χ1) is 8.75. The first kappa shape index (κ1) is 12.8. The predicted molar refractivity (Wildman–Crippen MR) is 66.4 cm³/mol. The average molecular weight is 249 g/mol. The maximum absolute atomic E-state index is 12.7. The van der Waals surface area contributed by atoms with E-state index in [1.54, 1.807) is 18.4 Å². The Labute approximate surface area is 105 Å². The van der Waals surface area contributed by atoms with Crippen LogP contribution in [0.25, 0.3) is 0 Å². The first-order valence-corrected chi connectivity index (χ1v) is 5.92. The molecule has 2 N–H and O–H groups in total. The van der Waals surface area contributed by atoms with Crippen molar-refractivity contribution in [3.63, 3.8) is 0 Å². The number of hydrogen-bond donors (Lipinski definition) is 2. The molecular weight excluding hydrogens is 233 g/mol. The first-order valence-electron chi connectivity index (χ1n) is 5.92. The Morgan fingerprint density at radius 2 is 2.00 bits per heavy atom. The lowest BCUT2D eigenvalue weighted by Crippen LogP contribution is -2.16. The van der Waals surface area contributed by atoms with Gasteiger partial charge in [0.25, 0.3) is 0 Å². The third-order valence-corrected chi connectivity index (χ3v) is 2.73. The van der Waals surface area contributed by atoms with Crippen LogP contribution >= 0.6 is 0 Å². The Bertz CT molecular complexity index is 453. The molecule has 1 heterocycles. The van der Waals surface area contributed by atoms with Gasteiger partial charge in [-0.1, -0.05) is 12.1 Å². The molecule has 1 aromatic carbocycles. The van der Waals surface area contributed by atoms with Crippen molar-refractivity contribution >= 4 is 0 Å². The minimum atomic E-state index is -0.574. The standard InChI is InChI=1S/C14H16FNO2/c15-12-5-3-11(4-6-12)14(17)7-8-16-10-13-2-1-9-18-13/h1-6,9,14,16-17H,7-8,10H2. The monoisotopic (exact) mass is 249 g/mol. The van der Waals surface area contributed by atoms with Crippen molar-refractivity contribution in [1.29, 1.82) is 0 Å². The maximum atomic E-state index is 12.7. The Kier molecular flexibility index (Phi) is 4.50. The van der Waals surface area contributed by atoms with Crippen molar-refractivity contribution in [2.24, 2.45) is 0 Å². The summed E-state index contributed by atoms with van der Waals surface area (Å²) in [4.78, 5) is 0. The van der Waals surface area contributed by atoms with Crippen LogP contribution in [0.15, 0.2) is 47.1 Å². The molecule has 0 saturated carbocycles. The highest BCUT2D eigenvalue weighted by Gasteiger charge is 2.07. The lowest BCUT2D eigenvalue weighted by molar-refractivity contribution is 0.166. The molecule has 3 nitrogen and oxygen atoms in total. The van der Waals surface area contributed by atoms with Crippen LogP contribution in [-0.4, -0.2) is 11.7 Å². The highest BCUT2D eigenvalue weighted by molar-refractivity contribution is 5.18. The van der Waals surface area contributed by atoms with Gasteiger partial charge in [-0.2, -0.15) is 0 Å². The van der Waals surface area contributed by atoms with Gasteiger partial charge in [0, 0.05) is 0 Å².